The minimum absolute atomic E-state index is 0.292. The molecule has 3 heteroatoms. The second-order valence-electron chi connectivity index (χ2n) is 3.30. The molecule has 0 saturated carbocycles. The van der Waals surface area contributed by atoms with Crippen molar-refractivity contribution in [2.45, 2.75) is 39.5 Å². The van der Waals surface area contributed by atoms with Crippen LogP contribution in [0.15, 0.2) is 0 Å². The number of carboxylic acid groups (broad SMARTS) is 1. The highest BCUT2D eigenvalue weighted by Gasteiger charge is 1.87. The maximum atomic E-state index is 9.60. The zero-order valence-corrected chi connectivity index (χ0v) is 9.34. The lowest BCUT2D eigenvalue weighted by atomic mass is 10.3. The minimum Gasteiger partial charge on any atom is -0.481 e. The highest BCUT2D eigenvalue weighted by atomic mass is 16.4. The second-order valence-corrected chi connectivity index (χ2v) is 3.30. The van der Waals surface area contributed by atoms with Crippen molar-refractivity contribution in [1.82, 2.24) is 4.90 Å². The third kappa shape index (κ3) is 24.6. The van der Waals surface area contributed by atoms with Crippen LogP contribution in [0.25, 0.3) is 0 Å². The van der Waals surface area contributed by atoms with Crippen LogP contribution in [0.1, 0.15) is 39.5 Å². The van der Waals surface area contributed by atoms with E-state index in [9.17, 15) is 4.79 Å². The Hall–Kier alpha value is -0.570. The number of hydrogen-bond acceptors (Lipinski definition) is 2. The molecule has 0 bridgehead atoms. The zero-order valence-electron chi connectivity index (χ0n) is 9.34. The van der Waals surface area contributed by atoms with Crippen LogP contribution in [-0.2, 0) is 4.79 Å². The molecule has 80 valence electrons. The fraction of sp³-hybridized carbons (Fsp3) is 0.900. The molecular formula is C10H23NO2. The Kier molecular flexibility index (Phi) is 13.1. The number of hydrogen-bond donors (Lipinski definition) is 1. The largest absolute Gasteiger partial charge is 0.481 e. The van der Waals surface area contributed by atoms with Crippen LogP contribution in [0.3, 0.4) is 0 Å². The fourth-order valence-corrected chi connectivity index (χ4v) is 0.688. The van der Waals surface area contributed by atoms with Crippen molar-refractivity contribution in [3.05, 3.63) is 0 Å². The monoisotopic (exact) mass is 189 g/mol. The maximum Gasteiger partial charge on any atom is 0.303 e. The van der Waals surface area contributed by atoms with Gasteiger partial charge in [-0.05, 0) is 33.5 Å². The molecule has 0 aromatic heterocycles. The highest BCUT2D eigenvalue weighted by Crippen LogP contribution is 1.86. The summed E-state index contributed by atoms with van der Waals surface area (Å²) in [5, 5.41) is 7.91. The minimum atomic E-state index is -0.711. The van der Waals surface area contributed by atoms with E-state index in [0.29, 0.717) is 6.42 Å². The molecule has 0 fully saturated rings. The van der Waals surface area contributed by atoms with Crippen LogP contribution >= 0.6 is 0 Å². The van der Waals surface area contributed by atoms with Crippen molar-refractivity contribution in [3.8, 4) is 0 Å². The van der Waals surface area contributed by atoms with E-state index in [1.807, 2.05) is 6.92 Å². The molecule has 1 N–H and O–H groups in total. The molecular weight excluding hydrogens is 166 g/mol. The van der Waals surface area contributed by atoms with Gasteiger partial charge in [0.15, 0.2) is 0 Å². The smallest absolute Gasteiger partial charge is 0.303 e. The first kappa shape index (κ1) is 14.9. The van der Waals surface area contributed by atoms with Gasteiger partial charge in [0.1, 0.15) is 0 Å². The van der Waals surface area contributed by atoms with Gasteiger partial charge in [0.2, 0.25) is 0 Å². The Labute approximate surface area is 81.7 Å². The Balaban J connectivity index is 0. The summed E-state index contributed by atoms with van der Waals surface area (Å²) in [7, 11) is 4.21. The average Bonchev–Trinajstić information content (AvgIpc) is 2.01. The van der Waals surface area contributed by atoms with Crippen molar-refractivity contribution in [1.29, 1.82) is 0 Å². The molecule has 0 atom stereocenters. The van der Waals surface area contributed by atoms with Crippen LogP contribution < -0.4 is 0 Å². The number of unbranched alkanes of at least 4 members (excludes halogenated alkanes) is 1. The summed E-state index contributed by atoms with van der Waals surface area (Å²) in [5.41, 5.74) is 0. The number of aliphatic carboxylic acids is 1. The quantitative estimate of drug-likeness (QED) is 0.721. The van der Waals surface area contributed by atoms with Crippen LogP contribution in [0.4, 0.5) is 0 Å². The average molecular weight is 189 g/mol. The predicted octanol–water partition coefficient (Wildman–Crippen LogP) is 2.22. The van der Waals surface area contributed by atoms with Gasteiger partial charge in [0.25, 0.3) is 0 Å². The summed E-state index contributed by atoms with van der Waals surface area (Å²) in [5.74, 6) is -0.711. The van der Waals surface area contributed by atoms with Gasteiger partial charge in [-0.25, -0.2) is 0 Å². The molecule has 0 aliphatic rings. The predicted molar refractivity (Wildman–Crippen MR) is 56.0 cm³/mol. The van der Waals surface area contributed by atoms with Gasteiger partial charge in [0, 0.05) is 6.42 Å². The lowest BCUT2D eigenvalue weighted by Crippen LogP contribution is -2.12. The summed E-state index contributed by atoms with van der Waals surface area (Å²) < 4.78 is 0. The molecule has 0 aromatic carbocycles. The van der Waals surface area contributed by atoms with Gasteiger partial charge < -0.3 is 10.0 Å². The van der Waals surface area contributed by atoms with E-state index in [2.05, 4.69) is 25.9 Å². The third-order valence-electron chi connectivity index (χ3n) is 1.42. The van der Waals surface area contributed by atoms with Crippen LogP contribution in [-0.4, -0.2) is 36.6 Å². The van der Waals surface area contributed by atoms with Gasteiger partial charge in [-0.3, -0.25) is 4.79 Å². The summed E-state index contributed by atoms with van der Waals surface area (Å²) in [6.45, 7) is 5.29. The Morgan fingerprint density at radius 2 is 1.77 bits per heavy atom. The third-order valence-corrected chi connectivity index (χ3v) is 1.42. The Bertz CT molecular complexity index is 113. The first-order valence-corrected chi connectivity index (χ1v) is 4.91. The fourth-order valence-electron chi connectivity index (χ4n) is 0.688. The molecule has 0 aromatic rings. The highest BCUT2D eigenvalue weighted by molar-refractivity contribution is 5.66. The maximum absolute atomic E-state index is 9.60. The van der Waals surface area contributed by atoms with Crippen molar-refractivity contribution in [2.75, 3.05) is 20.6 Å². The topological polar surface area (TPSA) is 40.5 Å². The Morgan fingerprint density at radius 3 is 1.85 bits per heavy atom. The van der Waals surface area contributed by atoms with Gasteiger partial charge in [0.05, 0.1) is 0 Å². The van der Waals surface area contributed by atoms with Gasteiger partial charge in [-0.1, -0.05) is 20.3 Å². The second kappa shape index (κ2) is 11.4. The first-order valence-electron chi connectivity index (χ1n) is 4.91. The lowest BCUT2D eigenvalue weighted by molar-refractivity contribution is -0.137. The van der Waals surface area contributed by atoms with E-state index in [-0.39, 0.29) is 0 Å². The molecule has 0 saturated heterocycles. The summed E-state index contributed by atoms with van der Waals surface area (Å²) in [6, 6.07) is 0. The SMILES string of the molecule is CCCC(=O)O.CCCCN(C)C. The number of carbonyl (C=O) groups is 1. The zero-order chi connectivity index (χ0) is 10.7. The lowest BCUT2D eigenvalue weighted by Gasteiger charge is -2.05. The van der Waals surface area contributed by atoms with Crippen LogP contribution in [0.2, 0.25) is 0 Å². The number of rotatable bonds is 5. The molecule has 13 heavy (non-hydrogen) atoms. The number of carboxylic acids is 1. The normalized spacial score (nSPS) is 9.31. The van der Waals surface area contributed by atoms with Crippen molar-refractivity contribution in [2.24, 2.45) is 0 Å². The van der Waals surface area contributed by atoms with E-state index in [4.69, 9.17) is 5.11 Å². The first-order chi connectivity index (χ1) is 6.04. The van der Waals surface area contributed by atoms with Crippen molar-refractivity contribution in [3.63, 3.8) is 0 Å². The molecule has 0 heterocycles. The molecule has 0 rings (SSSR count). The molecule has 0 amide bonds. The van der Waals surface area contributed by atoms with E-state index < -0.39 is 5.97 Å². The van der Waals surface area contributed by atoms with Crippen LogP contribution in [0.5, 0.6) is 0 Å². The van der Waals surface area contributed by atoms with E-state index in [1.54, 1.807) is 0 Å². The van der Waals surface area contributed by atoms with E-state index in [1.165, 1.54) is 19.4 Å². The van der Waals surface area contributed by atoms with Gasteiger partial charge >= 0.3 is 5.97 Å². The Morgan fingerprint density at radius 1 is 1.23 bits per heavy atom. The molecule has 3 nitrogen and oxygen atoms in total. The van der Waals surface area contributed by atoms with E-state index >= 15 is 0 Å². The van der Waals surface area contributed by atoms with Gasteiger partial charge in [-0.2, -0.15) is 0 Å². The van der Waals surface area contributed by atoms with Crippen molar-refractivity contribution >= 4 is 5.97 Å². The molecule has 0 aliphatic heterocycles. The summed E-state index contributed by atoms with van der Waals surface area (Å²) >= 11 is 0. The molecule has 0 aliphatic carbocycles. The number of nitrogens with zero attached hydrogens (tertiary/aromatic N) is 1. The molecule has 0 radical (unpaired) electrons. The van der Waals surface area contributed by atoms with Crippen LogP contribution in [0, 0.1) is 0 Å². The standard InChI is InChI=1S/C6H15N.C4H8O2/c1-4-5-6-7(2)3;1-2-3-4(5)6/h4-6H2,1-3H3;2-3H2,1H3,(H,5,6). The van der Waals surface area contributed by atoms with E-state index in [0.717, 1.165) is 6.42 Å². The molecule has 0 spiro atoms. The van der Waals surface area contributed by atoms with Gasteiger partial charge in [-0.15, -0.1) is 0 Å². The van der Waals surface area contributed by atoms with Crippen molar-refractivity contribution < 1.29 is 9.90 Å². The molecule has 0 unspecified atom stereocenters. The summed E-state index contributed by atoms with van der Waals surface area (Å²) in [4.78, 5) is 11.8. The summed E-state index contributed by atoms with van der Waals surface area (Å²) in [6.07, 6.45) is 3.65.